The number of rotatable bonds is 3. The van der Waals surface area contributed by atoms with Gasteiger partial charge in [-0.15, -0.1) is 0 Å². The minimum atomic E-state index is 0.146. The van der Waals surface area contributed by atoms with Crippen molar-refractivity contribution in [1.29, 1.82) is 0 Å². The Morgan fingerprint density at radius 2 is 1.56 bits per heavy atom. The van der Waals surface area contributed by atoms with Gasteiger partial charge >= 0.3 is 0 Å². The number of carbonyl (C=O) groups excluding carboxylic acids is 1. The van der Waals surface area contributed by atoms with Crippen molar-refractivity contribution >= 4 is 21.7 Å². The molecule has 80 valence electrons. The zero-order chi connectivity index (χ0) is 11.4. The maximum atomic E-state index is 11.9. The second-order valence-corrected chi connectivity index (χ2v) is 4.41. The lowest BCUT2D eigenvalue weighted by Gasteiger charge is -2.03. The fourth-order valence-corrected chi connectivity index (χ4v) is 1.97. The fourth-order valence-electron chi connectivity index (χ4n) is 1.54. The molecule has 2 heteroatoms. The molecule has 0 bridgehead atoms. The molecular formula is C14H11BrO. The largest absolute Gasteiger partial charge is 0.294 e. The molecule has 0 atom stereocenters. The van der Waals surface area contributed by atoms with Crippen molar-refractivity contribution in [3.8, 4) is 0 Å². The van der Waals surface area contributed by atoms with Gasteiger partial charge in [-0.2, -0.15) is 0 Å². The maximum absolute atomic E-state index is 11.9. The van der Waals surface area contributed by atoms with Crippen LogP contribution in [-0.2, 0) is 6.42 Å². The molecule has 0 heterocycles. The van der Waals surface area contributed by atoms with Crippen LogP contribution in [0.25, 0.3) is 0 Å². The summed E-state index contributed by atoms with van der Waals surface area (Å²) in [5.74, 6) is 0.146. The van der Waals surface area contributed by atoms with E-state index in [9.17, 15) is 4.79 Å². The van der Waals surface area contributed by atoms with Crippen LogP contribution in [0.4, 0.5) is 0 Å². The van der Waals surface area contributed by atoms with Crippen LogP contribution in [0.15, 0.2) is 59.1 Å². The molecule has 2 aromatic rings. The highest BCUT2D eigenvalue weighted by Crippen LogP contribution is 2.17. The summed E-state index contributed by atoms with van der Waals surface area (Å²) in [7, 11) is 0. The summed E-state index contributed by atoms with van der Waals surface area (Å²) in [5.41, 5.74) is 1.79. The maximum Gasteiger partial charge on any atom is 0.167 e. The van der Waals surface area contributed by atoms with Crippen molar-refractivity contribution in [3.05, 3.63) is 70.2 Å². The van der Waals surface area contributed by atoms with E-state index in [2.05, 4.69) is 15.9 Å². The Balaban J connectivity index is 2.18. The molecule has 0 N–H and O–H groups in total. The lowest BCUT2D eigenvalue weighted by Crippen LogP contribution is -2.03. The molecule has 2 aromatic carbocycles. The highest BCUT2D eigenvalue weighted by atomic mass is 79.9. The molecule has 0 spiro atoms. The Hall–Kier alpha value is -1.41. The van der Waals surface area contributed by atoms with Crippen LogP contribution in [0.3, 0.4) is 0 Å². The van der Waals surface area contributed by atoms with Gasteiger partial charge in [0.25, 0.3) is 0 Å². The first-order valence-electron chi connectivity index (χ1n) is 5.09. The van der Waals surface area contributed by atoms with Gasteiger partial charge in [0, 0.05) is 16.5 Å². The third kappa shape index (κ3) is 2.58. The Labute approximate surface area is 103 Å². The summed E-state index contributed by atoms with van der Waals surface area (Å²) in [6, 6.07) is 17.2. The van der Waals surface area contributed by atoms with E-state index >= 15 is 0 Å². The van der Waals surface area contributed by atoms with E-state index in [4.69, 9.17) is 0 Å². The Bertz CT molecular complexity index is 491. The molecule has 0 unspecified atom stereocenters. The van der Waals surface area contributed by atoms with Crippen LogP contribution in [-0.4, -0.2) is 5.78 Å². The second-order valence-electron chi connectivity index (χ2n) is 3.56. The topological polar surface area (TPSA) is 17.1 Å². The van der Waals surface area contributed by atoms with Crippen molar-refractivity contribution in [2.45, 2.75) is 6.42 Å². The van der Waals surface area contributed by atoms with E-state index in [1.54, 1.807) is 0 Å². The van der Waals surface area contributed by atoms with E-state index in [-0.39, 0.29) is 5.78 Å². The zero-order valence-electron chi connectivity index (χ0n) is 8.69. The second kappa shape index (κ2) is 5.08. The number of benzene rings is 2. The normalized spacial score (nSPS) is 10.1. The van der Waals surface area contributed by atoms with Gasteiger partial charge in [0.1, 0.15) is 0 Å². The van der Waals surface area contributed by atoms with E-state index in [0.29, 0.717) is 6.42 Å². The molecule has 1 nitrogen and oxygen atoms in total. The van der Waals surface area contributed by atoms with Crippen molar-refractivity contribution in [3.63, 3.8) is 0 Å². The Morgan fingerprint density at radius 1 is 0.938 bits per heavy atom. The fraction of sp³-hybridized carbons (Fsp3) is 0.0714. The van der Waals surface area contributed by atoms with Crippen molar-refractivity contribution < 1.29 is 4.79 Å². The Kier molecular flexibility index (Phi) is 3.52. The molecule has 0 amide bonds. The molecular weight excluding hydrogens is 264 g/mol. The van der Waals surface area contributed by atoms with Gasteiger partial charge in [-0.25, -0.2) is 0 Å². The van der Waals surface area contributed by atoms with Crippen molar-refractivity contribution in [2.75, 3.05) is 0 Å². The summed E-state index contributed by atoms with van der Waals surface area (Å²) in [4.78, 5) is 11.9. The summed E-state index contributed by atoms with van der Waals surface area (Å²) in [5, 5.41) is 0. The first-order valence-corrected chi connectivity index (χ1v) is 5.88. The van der Waals surface area contributed by atoms with Gasteiger partial charge in [-0.3, -0.25) is 4.79 Å². The molecule has 0 aliphatic rings. The number of halogens is 1. The van der Waals surface area contributed by atoms with Gasteiger partial charge in [0.15, 0.2) is 5.78 Å². The zero-order valence-corrected chi connectivity index (χ0v) is 10.3. The minimum Gasteiger partial charge on any atom is -0.294 e. The van der Waals surface area contributed by atoms with Crippen LogP contribution >= 0.6 is 15.9 Å². The van der Waals surface area contributed by atoms with Gasteiger partial charge in [-0.1, -0.05) is 64.5 Å². The molecule has 0 aliphatic carbocycles. The number of hydrogen-bond acceptors (Lipinski definition) is 1. The number of Topliss-reactive ketones (excluding diaryl/α,β-unsaturated/α-hetero) is 1. The highest BCUT2D eigenvalue weighted by Gasteiger charge is 2.07. The third-order valence-corrected chi connectivity index (χ3v) is 3.18. The summed E-state index contributed by atoms with van der Waals surface area (Å²) in [6.07, 6.45) is 0.436. The van der Waals surface area contributed by atoms with Crippen molar-refractivity contribution in [1.82, 2.24) is 0 Å². The first kappa shape index (κ1) is 11.1. The van der Waals surface area contributed by atoms with E-state index in [1.807, 2.05) is 54.6 Å². The van der Waals surface area contributed by atoms with Crippen molar-refractivity contribution in [2.24, 2.45) is 0 Å². The molecule has 16 heavy (non-hydrogen) atoms. The molecule has 0 saturated heterocycles. The predicted molar refractivity (Wildman–Crippen MR) is 68.6 cm³/mol. The molecule has 0 fully saturated rings. The standard InChI is InChI=1S/C14H11BrO/c15-13-9-5-4-8-12(13)10-14(16)11-6-2-1-3-7-11/h1-9H,10H2. The summed E-state index contributed by atoms with van der Waals surface area (Å²) < 4.78 is 0.985. The van der Waals surface area contributed by atoms with Crippen LogP contribution < -0.4 is 0 Å². The average molecular weight is 275 g/mol. The molecule has 0 aromatic heterocycles. The lowest BCUT2D eigenvalue weighted by atomic mass is 10.0. The Morgan fingerprint density at radius 3 is 2.25 bits per heavy atom. The van der Waals surface area contributed by atoms with E-state index in [1.165, 1.54) is 0 Å². The highest BCUT2D eigenvalue weighted by molar-refractivity contribution is 9.10. The average Bonchev–Trinajstić information content (AvgIpc) is 2.33. The molecule has 2 rings (SSSR count). The van der Waals surface area contributed by atoms with E-state index in [0.717, 1.165) is 15.6 Å². The smallest absolute Gasteiger partial charge is 0.167 e. The van der Waals surface area contributed by atoms with Gasteiger partial charge in [0.05, 0.1) is 0 Å². The monoisotopic (exact) mass is 274 g/mol. The van der Waals surface area contributed by atoms with Crippen LogP contribution in [0.2, 0.25) is 0 Å². The molecule has 0 aliphatic heterocycles. The summed E-state index contributed by atoms with van der Waals surface area (Å²) >= 11 is 3.45. The quantitative estimate of drug-likeness (QED) is 0.777. The summed E-state index contributed by atoms with van der Waals surface area (Å²) in [6.45, 7) is 0. The SMILES string of the molecule is O=C(Cc1ccccc1Br)c1ccccc1. The van der Waals surface area contributed by atoms with Crippen LogP contribution in [0.5, 0.6) is 0 Å². The third-order valence-electron chi connectivity index (χ3n) is 2.40. The molecule has 0 radical (unpaired) electrons. The predicted octanol–water partition coefficient (Wildman–Crippen LogP) is 3.87. The first-order chi connectivity index (χ1) is 7.77. The van der Waals surface area contributed by atoms with Gasteiger partial charge in [-0.05, 0) is 11.6 Å². The van der Waals surface area contributed by atoms with Gasteiger partial charge in [0.2, 0.25) is 0 Å². The minimum absolute atomic E-state index is 0.146. The van der Waals surface area contributed by atoms with Crippen LogP contribution in [0, 0.1) is 0 Å². The number of ketones is 1. The van der Waals surface area contributed by atoms with Crippen LogP contribution in [0.1, 0.15) is 15.9 Å². The van der Waals surface area contributed by atoms with Gasteiger partial charge < -0.3 is 0 Å². The van der Waals surface area contributed by atoms with E-state index < -0.39 is 0 Å². The molecule has 0 saturated carbocycles. The number of hydrogen-bond donors (Lipinski definition) is 0. The number of carbonyl (C=O) groups is 1. The lowest BCUT2D eigenvalue weighted by molar-refractivity contribution is 0.0993.